The van der Waals surface area contributed by atoms with E-state index in [1.807, 2.05) is 0 Å². The quantitative estimate of drug-likeness (QED) is 0.823. The van der Waals surface area contributed by atoms with Gasteiger partial charge in [0.2, 0.25) is 0 Å². The molecule has 0 amide bonds. The molecule has 0 aromatic heterocycles. The zero-order valence-corrected chi connectivity index (χ0v) is 12.3. The summed E-state index contributed by atoms with van der Waals surface area (Å²) in [6.45, 7) is 4.73. The Hall–Kier alpha value is -0.870. The maximum absolute atomic E-state index is 11.0. The zero-order valence-electron chi connectivity index (χ0n) is 11.4. The fraction of sp³-hybridized carbons (Fsp3) is 0.571. The standard InChI is InChI=1S/C14H23NO2S/c1-12-5-4-6-14(11-12)8-7-13(2)15-9-10-18(3,16)17/h4-6,11,13,15H,7-10H2,1-3H3. The fourth-order valence-electron chi connectivity index (χ4n) is 1.84. The lowest BCUT2D eigenvalue weighted by molar-refractivity contribution is 0.527. The minimum Gasteiger partial charge on any atom is -0.313 e. The van der Waals surface area contributed by atoms with Crippen molar-refractivity contribution in [3.63, 3.8) is 0 Å². The Morgan fingerprint density at radius 1 is 1.33 bits per heavy atom. The van der Waals surface area contributed by atoms with E-state index in [0.717, 1.165) is 12.8 Å². The van der Waals surface area contributed by atoms with E-state index in [4.69, 9.17) is 0 Å². The summed E-state index contributed by atoms with van der Waals surface area (Å²) in [6, 6.07) is 8.84. The van der Waals surface area contributed by atoms with E-state index in [-0.39, 0.29) is 5.75 Å². The van der Waals surface area contributed by atoms with E-state index in [1.54, 1.807) is 0 Å². The van der Waals surface area contributed by atoms with Gasteiger partial charge in [0.25, 0.3) is 0 Å². The Bertz CT molecular complexity index is 468. The predicted molar refractivity (Wildman–Crippen MR) is 76.7 cm³/mol. The van der Waals surface area contributed by atoms with Gasteiger partial charge >= 0.3 is 0 Å². The molecular formula is C14H23NO2S. The van der Waals surface area contributed by atoms with Gasteiger partial charge in [-0.15, -0.1) is 0 Å². The maximum atomic E-state index is 11.0. The normalized spacial score (nSPS) is 13.5. The zero-order chi connectivity index (χ0) is 13.6. The van der Waals surface area contributed by atoms with E-state index in [2.05, 4.69) is 43.4 Å². The van der Waals surface area contributed by atoms with Crippen LogP contribution in [0.4, 0.5) is 0 Å². The Balaban J connectivity index is 2.27. The van der Waals surface area contributed by atoms with E-state index < -0.39 is 9.84 Å². The van der Waals surface area contributed by atoms with Gasteiger partial charge in [0.1, 0.15) is 9.84 Å². The lowest BCUT2D eigenvalue weighted by Gasteiger charge is -2.13. The molecule has 1 aromatic carbocycles. The largest absolute Gasteiger partial charge is 0.313 e. The van der Waals surface area contributed by atoms with Gasteiger partial charge in [-0.25, -0.2) is 8.42 Å². The van der Waals surface area contributed by atoms with Crippen LogP contribution in [-0.2, 0) is 16.3 Å². The van der Waals surface area contributed by atoms with Gasteiger partial charge in [-0.2, -0.15) is 0 Å². The Labute approximate surface area is 111 Å². The summed E-state index contributed by atoms with van der Waals surface area (Å²) in [4.78, 5) is 0. The molecule has 1 N–H and O–H groups in total. The van der Waals surface area contributed by atoms with E-state index in [1.165, 1.54) is 17.4 Å². The first-order valence-corrected chi connectivity index (χ1v) is 8.39. The van der Waals surface area contributed by atoms with Crippen LogP contribution >= 0.6 is 0 Å². The topological polar surface area (TPSA) is 46.2 Å². The lowest BCUT2D eigenvalue weighted by Crippen LogP contribution is -2.31. The number of nitrogens with one attached hydrogen (secondary N) is 1. The van der Waals surface area contributed by atoms with Crippen LogP contribution in [0, 0.1) is 6.92 Å². The Kier molecular flexibility index (Phi) is 5.82. The van der Waals surface area contributed by atoms with Crippen molar-refractivity contribution >= 4 is 9.84 Å². The van der Waals surface area contributed by atoms with Crippen molar-refractivity contribution in [2.45, 2.75) is 32.7 Å². The van der Waals surface area contributed by atoms with Crippen molar-refractivity contribution in [3.8, 4) is 0 Å². The molecule has 0 saturated carbocycles. The summed E-state index contributed by atoms with van der Waals surface area (Å²) in [6.07, 6.45) is 3.31. The van der Waals surface area contributed by atoms with Gasteiger partial charge in [-0.3, -0.25) is 0 Å². The van der Waals surface area contributed by atoms with Gasteiger partial charge in [0.05, 0.1) is 5.75 Å². The highest BCUT2D eigenvalue weighted by atomic mass is 32.2. The van der Waals surface area contributed by atoms with Crippen molar-refractivity contribution in [2.75, 3.05) is 18.6 Å². The van der Waals surface area contributed by atoms with Gasteiger partial charge in [-0.1, -0.05) is 29.8 Å². The predicted octanol–water partition coefficient (Wildman–Crippen LogP) is 1.95. The van der Waals surface area contributed by atoms with E-state index in [9.17, 15) is 8.42 Å². The van der Waals surface area contributed by atoms with Crippen LogP contribution in [0.25, 0.3) is 0 Å². The first-order chi connectivity index (χ1) is 8.37. The fourth-order valence-corrected chi connectivity index (χ4v) is 2.33. The average Bonchev–Trinajstić information content (AvgIpc) is 2.25. The van der Waals surface area contributed by atoms with Gasteiger partial charge in [0.15, 0.2) is 0 Å². The molecule has 102 valence electrons. The van der Waals surface area contributed by atoms with Crippen LogP contribution < -0.4 is 5.32 Å². The van der Waals surface area contributed by atoms with Crippen molar-refractivity contribution in [2.24, 2.45) is 0 Å². The molecule has 0 fully saturated rings. The van der Waals surface area contributed by atoms with Gasteiger partial charge < -0.3 is 5.32 Å². The maximum Gasteiger partial charge on any atom is 0.148 e. The second kappa shape index (κ2) is 6.90. The second-order valence-electron chi connectivity index (χ2n) is 5.01. The van der Waals surface area contributed by atoms with Crippen LogP contribution in [-0.4, -0.2) is 33.0 Å². The molecule has 18 heavy (non-hydrogen) atoms. The minimum atomic E-state index is -2.86. The highest BCUT2D eigenvalue weighted by Crippen LogP contribution is 2.07. The van der Waals surface area contributed by atoms with Crippen LogP contribution in [0.1, 0.15) is 24.5 Å². The summed E-state index contributed by atoms with van der Waals surface area (Å²) < 4.78 is 22.0. The Morgan fingerprint density at radius 2 is 2.06 bits per heavy atom. The van der Waals surface area contributed by atoms with Crippen LogP contribution in [0.2, 0.25) is 0 Å². The first kappa shape index (κ1) is 15.2. The van der Waals surface area contributed by atoms with Gasteiger partial charge in [0, 0.05) is 18.8 Å². The smallest absolute Gasteiger partial charge is 0.148 e. The number of sulfone groups is 1. The number of aryl methyl sites for hydroxylation is 2. The van der Waals surface area contributed by atoms with Crippen LogP contribution in [0.15, 0.2) is 24.3 Å². The highest BCUT2D eigenvalue weighted by molar-refractivity contribution is 7.90. The number of benzene rings is 1. The molecule has 1 unspecified atom stereocenters. The molecule has 1 atom stereocenters. The third-order valence-electron chi connectivity index (χ3n) is 2.91. The summed E-state index contributed by atoms with van der Waals surface area (Å²) >= 11 is 0. The first-order valence-electron chi connectivity index (χ1n) is 6.33. The molecule has 0 saturated heterocycles. The molecule has 1 aromatic rings. The molecule has 3 nitrogen and oxygen atoms in total. The Morgan fingerprint density at radius 3 is 2.67 bits per heavy atom. The monoisotopic (exact) mass is 269 g/mol. The molecule has 0 aliphatic carbocycles. The average molecular weight is 269 g/mol. The summed E-state index contributed by atoms with van der Waals surface area (Å²) in [5, 5.41) is 3.24. The summed E-state index contributed by atoms with van der Waals surface area (Å²) in [7, 11) is -2.86. The molecular weight excluding hydrogens is 246 g/mol. The van der Waals surface area contributed by atoms with E-state index >= 15 is 0 Å². The second-order valence-corrected chi connectivity index (χ2v) is 7.27. The molecule has 0 aliphatic rings. The van der Waals surface area contributed by atoms with Crippen LogP contribution in [0.5, 0.6) is 0 Å². The third kappa shape index (κ3) is 6.77. The van der Waals surface area contributed by atoms with Crippen molar-refractivity contribution in [3.05, 3.63) is 35.4 Å². The number of hydrogen-bond acceptors (Lipinski definition) is 3. The van der Waals surface area contributed by atoms with Crippen molar-refractivity contribution < 1.29 is 8.42 Å². The molecule has 0 radical (unpaired) electrons. The number of hydrogen-bond donors (Lipinski definition) is 1. The van der Waals surface area contributed by atoms with Crippen molar-refractivity contribution in [1.82, 2.24) is 5.32 Å². The molecule has 0 heterocycles. The summed E-state index contributed by atoms with van der Waals surface area (Å²) in [5.41, 5.74) is 2.62. The SMILES string of the molecule is Cc1cccc(CCC(C)NCCS(C)(=O)=O)c1. The molecule has 1 rings (SSSR count). The third-order valence-corrected chi connectivity index (χ3v) is 3.86. The van der Waals surface area contributed by atoms with E-state index in [0.29, 0.717) is 12.6 Å². The lowest BCUT2D eigenvalue weighted by atomic mass is 10.0. The molecule has 0 bridgehead atoms. The molecule has 0 spiro atoms. The molecule has 0 aliphatic heterocycles. The minimum absolute atomic E-state index is 0.210. The van der Waals surface area contributed by atoms with Crippen molar-refractivity contribution in [1.29, 1.82) is 0 Å². The summed E-state index contributed by atoms with van der Waals surface area (Å²) in [5.74, 6) is 0.210. The van der Waals surface area contributed by atoms with Gasteiger partial charge in [-0.05, 0) is 32.3 Å². The highest BCUT2D eigenvalue weighted by Gasteiger charge is 2.05. The number of rotatable bonds is 7. The molecule has 4 heteroatoms. The van der Waals surface area contributed by atoms with Crippen LogP contribution in [0.3, 0.4) is 0 Å².